The average Bonchev–Trinajstić information content (AvgIpc) is 3.34. The van der Waals surface area contributed by atoms with Gasteiger partial charge in [0, 0.05) is 31.5 Å². The first-order chi connectivity index (χ1) is 15.8. The van der Waals surface area contributed by atoms with Crippen molar-refractivity contribution < 1.29 is 22.7 Å². The summed E-state index contributed by atoms with van der Waals surface area (Å²) in [4.78, 5) is 16.7. The Morgan fingerprint density at radius 1 is 1.15 bits per heavy atom. The molecular formula is C23H28N4O5S. The monoisotopic (exact) mass is 472 g/mol. The zero-order valence-corrected chi connectivity index (χ0v) is 19.7. The van der Waals surface area contributed by atoms with Gasteiger partial charge in [0.1, 0.15) is 22.9 Å². The van der Waals surface area contributed by atoms with Crippen LogP contribution in [0.15, 0.2) is 66.1 Å². The first-order valence-corrected chi connectivity index (χ1v) is 11.8. The third-order valence-electron chi connectivity index (χ3n) is 4.99. The van der Waals surface area contributed by atoms with Crippen LogP contribution in [-0.2, 0) is 21.4 Å². The number of carbonyl (C=O) groups is 1. The lowest BCUT2D eigenvalue weighted by atomic mass is 10.2. The molecule has 0 spiro atoms. The summed E-state index contributed by atoms with van der Waals surface area (Å²) in [7, 11) is -1.22. The van der Waals surface area contributed by atoms with Crippen molar-refractivity contribution in [3.05, 3.63) is 66.7 Å². The summed E-state index contributed by atoms with van der Waals surface area (Å²) in [6, 6.07) is 11.5. The van der Waals surface area contributed by atoms with Crippen LogP contribution >= 0.6 is 0 Å². The van der Waals surface area contributed by atoms with E-state index in [0.717, 1.165) is 9.87 Å². The van der Waals surface area contributed by atoms with E-state index in [9.17, 15) is 13.2 Å². The highest BCUT2D eigenvalue weighted by atomic mass is 32.2. The van der Waals surface area contributed by atoms with Crippen molar-refractivity contribution in [3.8, 4) is 11.5 Å². The highest BCUT2D eigenvalue weighted by Gasteiger charge is 2.30. The number of methoxy groups -OCH3 is 2. The van der Waals surface area contributed by atoms with E-state index >= 15 is 0 Å². The minimum atomic E-state index is -4.13. The summed E-state index contributed by atoms with van der Waals surface area (Å²) in [5.41, 5.74) is 1.07. The highest BCUT2D eigenvalue weighted by Crippen LogP contribution is 2.32. The van der Waals surface area contributed by atoms with Crippen LogP contribution in [0.5, 0.6) is 11.5 Å². The van der Waals surface area contributed by atoms with Crippen molar-refractivity contribution in [1.29, 1.82) is 0 Å². The van der Waals surface area contributed by atoms with Crippen LogP contribution in [-0.4, -0.2) is 51.2 Å². The molecule has 2 aromatic carbocycles. The molecule has 0 fully saturated rings. The third kappa shape index (κ3) is 6.04. The molecule has 1 N–H and O–H groups in total. The van der Waals surface area contributed by atoms with Crippen LogP contribution in [0.1, 0.15) is 12.0 Å². The van der Waals surface area contributed by atoms with Gasteiger partial charge in [-0.05, 0) is 43.2 Å². The van der Waals surface area contributed by atoms with E-state index in [-0.39, 0.29) is 10.6 Å². The zero-order chi connectivity index (χ0) is 23.8. The molecule has 3 aromatic rings. The molecule has 0 bridgehead atoms. The fraction of sp³-hybridized carbons (Fsp3) is 0.304. The van der Waals surface area contributed by atoms with Gasteiger partial charge in [0.15, 0.2) is 0 Å². The van der Waals surface area contributed by atoms with E-state index < -0.39 is 22.5 Å². The number of hydrogen-bond acceptors (Lipinski definition) is 6. The molecule has 3 rings (SSSR count). The lowest BCUT2D eigenvalue weighted by molar-refractivity contribution is -0.119. The number of aromatic nitrogens is 2. The van der Waals surface area contributed by atoms with Crippen LogP contribution in [0.4, 0.5) is 5.69 Å². The topological polar surface area (TPSA) is 103 Å². The van der Waals surface area contributed by atoms with Gasteiger partial charge in [-0.1, -0.05) is 12.1 Å². The molecule has 1 heterocycles. The van der Waals surface area contributed by atoms with Gasteiger partial charge in [0.25, 0.3) is 10.0 Å². The normalized spacial score (nSPS) is 11.1. The van der Waals surface area contributed by atoms with Crippen LogP contribution < -0.4 is 19.1 Å². The van der Waals surface area contributed by atoms with Crippen molar-refractivity contribution in [2.75, 3.05) is 31.6 Å². The Kier molecular flexibility index (Phi) is 7.94. The number of benzene rings is 2. The minimum absolute atomic E-state index is 0.0132. The number of rotatable bonds is 11. The van der Waals surface area contributed by atoms with Gasteiger partial charge in [-0.15, -0.1) is 0 Å². The van der Waals surface area contributed by atoms with E-state index in [2.05, 4.69) is 10.3 Å². The SMILES string of the molecule is COc1cccc(N(CC(=O)NCCCn2ccnc2)S(=O)(=O)c2cc(C)ccc2OC)c1. The van der Waals surface area contributed by atoms with E-state index in [4.69, 9.17) is 9.47 Å². The molecule has 10 heteroatoms. The number of ether oxygens (including phenoxy) is 2. The van der Waals surface area contributed by atoms with E-state index in [1.54, 1.807) is 55.8 Å². The second-order valence-corrected chi connectivity index (χ2v) is 9.20. The fourth-order valence-electron chi connectivity index (χ4n) is 3.28. The van der Waals surface area contributed by atoms with Crippen molar-refractivity contribution in [2.45, 2.75) is 24.8 Å². The molecule has 0 unspecified atom stereocenters. The zero-order valence-electron chi connectivity index (χ0n) is 18.9. The average molecular weight is 473 g/mol. The molecule has 0 aliphatic carbocycles. The second-order valence-electron chi connectivity index (χ2n) is 7.37. The van der Waals surface area contributed by atoms with Gasteiger partial charge in [-0.2, -0.15) is 0 Å². The summed E-state index contributed by atoms with van der Waals surface area (Å²) in [5, 5.41) is 2.80. The van der Waals surface area contributed by atoms with E-state index in [0.29, 0.717) is 30.9 Å². The van der Waals surface area contributed by atoms with Gasteiger partial charge in [0.2, 0.25) is 5.91 Å². The molecule has 176 valence electrons. The molecule has 0 saturated carbocycles. The van der Waals surface area contributed by atoms with Crippen LogP contribution in [0.2, 0.25) is 0 Å². The Balaban J connectivity index is 1.85. The molecule has 1 amide bonds. The lowest BCUT2D eigenvalue weighted by Gasteiger charge is -2.25. The first kappa shape index (κ1) is 24.1. The number of aryl methyl sites for hydroxylation is 2. The van der Waals surface area contributed by atoms with Crippen molar-refractivity contribution in [2.24, 2.45) is 0 Å². The smallest absolute Gasteiger partial charge is 0.268 e. The molecule has 0 saturated heterocycles. The van der Waals surface area contributed by atoms with Gasteiger partial charge >= 0.3 is 0 Å². The quantitative estimate of drug-likeness (QED) is 0.431. The molecule has 0 aliphatic heterocycles. The van der Waals surface area contributed by atoms with Gasteiger partial charge in [-0.3, -0.25) is 9.10 Å². The maximum atomic E-state index is 13.7. The largest absolute Gasteiger partial charge is 0.497 e. The van der Waals surface area contributed by atoms with Crippen molar-refractivity contribution >= 4 is 21.6 Å². The molecule has 0 atom stereocenters. The maximum absolute atomic E-state index is 13.7. The lowest BCUT2D eigenvalue weighted by Crippen LogP contribution is -2.41. The van der Waals surface area contributed by atoms with Crippen LogP contribution in [0.3, 0.4) is 0 Å². The predicted molar refractivity (Wildman–Crippen MR) is 125 cm³/mol. The Morgan fingerprint density at radius 3 is 2.67 bits per heavy atom. The molecule has 1 aromatic heterocycles. The molecule has 0 aliphatic rings. The molecule has 33 heavy (non-hydrogen) atoms. The summed E-state index contributed by atoms with van der Waals surface area (Å²) >= 11 is 0. The Morgan fingerprint density at radius 2 is 1.97 bits per heavy atom. The molecular weight excluding hydrogens is 444 g/mol. The summed E-state index contributed by atoms with van der Waals surface area (Å²) in [6.45, 7) is 2.49. The number of hydrogen-bond donors (Lipinski definition) is 1. The molecule has 9 nitrogen and oxygen atoms in total. The molecule has 0 radical (unpaired) electrons. The number of nitrogens with one attached hydrogen (secondary N) is 1. The minimum Gasteiger partial charge on any atom is -0.497 e. The number of carbonyl (C=O) groups excluding carboxylic acids is 1. The van der Waals surface area contributed by atoms with Crippen molar-refractivity contribution in [1.82, 2.24) is 14.9 Å². The van der Waals surface area contributed by atoms with E-state index in [1.165, 1.54) is 20.3 Å². The number of amides is 1. The van der Waals surface area contributed by atoms with Gasteiger partial charge in [-0.25, -0.2) is 13.4 Å². The number of anilines is 1. The van der Waals surface area contributed by atoms with Crippen LogP contribution in [0.25, 0.3) is 0 Å². The van der Waals surface area contributed by atoms with Crippen molar-refractivity contribution in [3.63, 3.8) is 0 Å². The number of imidazole rings is 1. The maximum Gasteiger partial charge on any atom is 0.268 e. The third-order valence-corrected chi connectivity index (χ3v) is 6.79. The van der Waals surface area contributed by atoms with Gasteiger partial charge < -0.3 is 19.4 Å². The first-order valence-electron chi connectivity index (χ1n) is 10.4. The second kappa shape index (κ2) is 10.9. The number of nitrogens with zero attached hydrogens (tertiary/aromatic N) is 3. The summed E-state index contributed by atoms with van der Waals surface area (Å²) in [6.07, 6.45) is 5.91. The van der Waals surface area contributed by atoms with Gasteiger partial charge in [0.05, 0.1) is 26.2 Å². The Bertz CT molecular complexity index is 1180. The Hall–Kier alpha value is -3.53. The summed E-state index contributed by atoms with van der Waals surface area (Å²) < 4.78 is 40.9. The number of sulfonamides is 1. The standard InChI is InChI=1S/C23H28N4O5S/c1-18-8-9-21(32-3)22(14-18)33(29,30)27(19-6-4-7-20(15-19)31-2)16-23(28)25-10-5-12-26-13-11-24-17-26/h4,6-9,11,13-15,17H,5,10,12,16H2,1-3H3,(H,25,28). The summed E-state index contributed by atoms with van der Waals surface area (Å²) in [5.74, 6) is 0.262. The van der Waals surface area contributed by atoms with E-state index in [1.807, 2.05) is 10.8 Å². The van der Waals surface area contributed by atoms with Crippen LogP contribution in [0, 0.1) is 6.92 Å². The predicted octanol–water partition coefficient (Wildman–Crippen LogP) is 2.61. The fourth-order valence-corrected chi connectivity index (χ4v) is 4.94. The highest BCUT2D eigenvalue weighted by molar-refractivity contribution is 7.93. The Labute approximate surface area is 194 Å².